The molecule has 0 aliphatic heterocycles. The van der Waals surface area contributed by atoms with Crippen LogP contribution in [0, 0.1) is 13.8 Å². The Kier molecular flexibility index (Phi) is 9.04. The van der Waals surface area contributed by atoms with Crippen LogP contribution in [-0.2, 0) is 26.3 Å². The lowest BCUT2D eigenvalue weighted by Crippen LogP contribution is -2.52. The van der Waals surface area contributed by atoms with Crippen LogP contribution < -0.4 is 9.62 Å². The van der Waals surface area contributed by atoms with Crippen LogP contribution in [0.25, 0.3) is 0 Å². The van der Waals surface area contributed by atoms with Crippen LogP contribution in [-0.4, -0.2) is 63.2 Å². The summed E-state index contributed by atoms with van der Waals surface area (Å²) in [6.07, 6.45) is 0. The van der Waals surface area contributed by atoms with E-state index in [1.807, 2.05) is 43.3 Å². The summed E-state index contributed by atoms with van der Waals surface area (Å²) in [6, 6.07) is 12.0. The van der Waals surface area contributed by atoms with Crippen molar-refractivity contribution in [1.82, 2.24) is 14.5 Å². The third-order valence-electron chi connectivity index (χ3n) is 5.33. The molecule has 0 saturated heterocycles. The smallest absolute Gasteiger partial charge is 0.304 e. The number of aryl methyl sites for hydroxylation is 2. The Morgan fingerprint density at radius 1 is 1.06 bits per heavy atom. The maximum absolute atomic E-state index is 13.5. The molecule has 2 rings (SSSR count). The fraction of sp³-hybridized carbons (Fsp3) is 0.391. The fourth-order valence-corrected chi connectivity index (χ4v) is 4.65. The molecule has 0 saturated carbocycles. The average Bonchev–Trinajstić information content (AvgIpc) is 2.77. The summed E-state index contributed by atoms with van der Waals surface area (Å²) >= 11 is 3.39. The van der Waals surface area contributed by atoms with Gasteiger partial charge in [-0.3, -0.25) is 9.59 Å². The van der Waals surface area contributed by atoms with Gasteiger partial charge < -0.3 is 10.2 Å². The molecule has 1 atom stereocenters. The van der Waals surface area contributed by atoms with Crippen molar-refractivity contribution < 1.29 is 18.0 Å². The number of hydrogen-bond acceptors (Lipinski definition) is 4. The fourth-order valence-electron chi connectivity index (χ4n) is 3.27. The topological polar surface area (TPSA) is 90.0 Å². The molecular formula is C23H31BrN4O4S. The summed E-state index contributed by atoms with van der Waals surface area (Å²) in [5.74, 6) is -0.824. The van der Waals surface area contributed by atoms with Gasteiger partial charge in [0.1, 0.15) is 12.6 Å². The van der Waals surface area contributed by atoms with Gasteiger partial charge in [-0.15, -0.1) is 0 Å². The molecule has 0 spiro atoms. The molecule has 180 valence electrons. The molecule has 2 amide bonds. The van der Waals surface area contributed by atoms with Crippen LogP contribution in [0.15, 0.2) is 46.9 Å². The first-order valence-corrected chi connectivity index (χ1v) is 12.6. The highest BCUT2D eigenvalue weighted by Gasteiger charge is 2.33. The largest absolute Gasteiger partial charge is 0.357 e. The molecule has 8 nitrogen and oxygen atoms in total. The van der Waals surface area contributed by atoms with Gasteiger partial charge in [0, 0.05) is 32.2 Å². The van der Waals surface area contributed by atoms with Crippen LogP contribution in [0.2, 0.25) is 0 Å². The molecule has 0 bridgehead atoms. The van der Waals surface area contributed by atoms with Crippen LogP contribution in [0.5, 0.6) is 0 Å². The predicted molar refractivity (Wildman–Crippen MR) is 134 cm³/mol. The second-order valence-corrected chi connectivity index (χ2v) is 11.0. The van der Waals surface area contributed by atoms with Crippen LogP contribution >= 0.6 is 15.9 Å². The molecule has 0 aliphatic carbocycles. The SMILES string of the molecule is CNC(=O)[C@@H](C)N(Cc1ccc(Br)cc1)C(=O)CN(c1cc(C)ccc1C)S(=O)(=O)N(C)C. The highest BCUT2D eigenvalue weighted by atomic mass is 79.9. The summed E-state index contributed by atoms with van der Waals surface area (Å²) in [7, 11) is 0.365. The summed E-state index contributed by atoms with van der Waals surface area (Å²) in [4.78, 5) is 27.3. The van der Waals surface area contributed by atoms with Crippen molar-refractivity contribution in [3.8, 4) is 0 Å². The van der Waals surface area contributed by atoms with E-state index in [1.165, 1.54) is 26.0 Å². The van der Waals surface area contributed by atoms with Crippen molar-refractivity contribution in [3.63, 3.8) is 0 Å². The van der Waals surface area contributed by atoms with E-state index in [0.29, 0.717) is 5.69 Å². The zero-order chi connectivity index (χ0) is 24.9. The Bertz CT molecular complexity index is 1100. The molecular weight excluding hydrogens is 508 g/mol. The minimum Gasteiger partial charge on any atom is -0.357 e. The van der Waals surface area contributed by atoms with E-state index in [9.17, 15) is 18.0 Å². The lowest BCUT2D eigenvalue weighted by molar-refractivity contribution is -0.139. The number of benzene rings is 2. The first kappa shape index (κ1) is 26.8. The third kappa shape index (κ3) is 6.55. The van der Waals surface area contributed by atoms with Crippen molar-refractivity contribution in [2.45, 2.75) is 33.4 Å². The molecule has 0 aliphatic rings. The van der Waals surface area contributed by atoms with E-state index in [2.05, 4.69) is 21.2 Å². The molecule has 0 unspecified atom stereocenters. The minimum atomic E-state index is -3.98. The average molecular weight is 539 g/mol. The monoisotopic (exact) mass is 538 g/mol. The number of hydrogen-bond donors (Lipinski definition) is 1. The van der Waals surface area contributed by atoms with Crippen LogP contribution in [0.1, 0.15) is 23.6 Å². The number of rotatable bonds is 9. The molecule has 1 N–H and O–H groups in total. The maximum Gasteiger partial charge on any atom is 0.304 e. The molecule has 10 heteroatoms. The highest BCUT2D eigenvalue weighted by molar-refractivity contribution is 9.10. The van der Waals surface area contributed by atoms with Gasteiger partial charge in [-0.1, -0.05) is 40.2 Å². The molecule has 2 aromatic carbocycles. The van der Waals surface area contributed by atoms with Gasteiger partial charge in [0.2, 0.25) is 11.8 Å². The number of nitrogens with zero attached hydrogens (tertiary/aromatic N) is 3. The number of amides is 2. The van der Waals surface area contributed by atoms with E-state index >= 15 is 0 Å². The van der Waals surface area contributed by atoms with E-state index in [0.717, 1.165) is 29.8 Å². The summed E-state index contributed by atoms with van der Waals surface area (Å²) in [5.41, 5.74) is 2.83. The Morgan fingerprint density at radius 2 is 1.67 bits per heavy atom. The second-order valence-electron chi connectivity index (χ2n) is 8.03. The van der Waals surface area contributed by atoms with Gasteiger partial charge in [-0.05, 0) is 55.7 Å². The highest BCUT2D eigenvalue weighted by Crippen LogP contribution is 2.26. The number of anilines is 1. The van der Waals surface area contributed by atoms with E-state index in [-0.39, 0.29) is 12.5 Å². The van der Waals surface area contributed by atoms with Gasteiger partial charge in [0.25, 0.3) is 0 Å². The molecule has 0 radical (unpaired) electrons. The molecule has 0 fully saturated rings. The Labute approximate surface area is 204 Å². The van der Waals surface area contributed by atoms with E-state index in [1.54, 1.807) is 19.9 Å². The quantitative estimate of drug-likeness (QED) is 0.531. The van der Waals surface area contributed by atoms with Gasteiger partial charge in [0.15, 0.2) is 0 Å². The zero-order valence-corrected chi connectivity index (χ0v) is 22.2. The van der Waals surface area contributed by atoms with E-state index in [4.69, 9.17) is 0 Å². The van der Waals surface area contributed by atoms with E-state index < -0.39 is 28.7 Å². The minimum absolute atomic E-state index is 0.156. The van der Waals surface area contributed by atoms with Gasteiger partial charge in [-0.25, -0.2) is 4.31 Å². The molecule has 0 aromatic heterocycles. The Morgan fingerprint density at radius 3 is 2.21 bits per heavy atom. The standard InChI is InChI=1S/C23H31BrN4O4S/c1-16-7-8-17(2)21(13-16)28(33(31,32)26(5)6)15-22(29)27(18(3)23(30)25-4)14-19-9-11-20(24)12-10-19/h7-13,18H,14-15H2,1-6H3,(H,25,30)/t18-/m1/s1. The summed E-state index contributed by atoms with van der Waals surface area (Å²) < 4.78 is 29.5. The third-order valence-corrected chi connectivity index (χ3v) is 7.67. The summed E-state index contributed by atoms with van der Waals surface area (Å²) in [5, 5.41) is 2.56. The zero-order valence-electron chi connectivity index (χ0n) is 19.8. The normalized spacial score (nSPS) is 12.4. The van der Waals surface area contributed by atoms with Gasteiger partial charge >= 0.3 is 10.2 Å². The molecule has 2 aromatic rings. The van der Waals surface area contributed by atoms with Gasteiger partial charge in [-0.2, -0.15) is 12.7 Å². The van der Waals surface area contributed by atoms with Crippen LogP contribution in [0.3, 0.4) is 0 Å². The Balaban J connectivity index is 2.49. The van der Waals surface area contributed by atoms with Crippen molar-refractivity contribution in [2.24, 2.45) is 0 Å². The van der Waals surface area contributed by atoms with Crippen molar-refractivity contribution >= 4 is 43.6 Å². The van der Waals surface area contributed by atoms with Crippen molar-refractivity contribution in [3.05, 3.63) is 63.6 Å². The maximum atomic E-state index is 13.5. The number of carbonyl (C=O) groups excluding carboxylic acids is 2. The summed E-state index contributed by atoms with van der Waals surface area (Å²) in [6.45, 7) is 4.99. The molecule has 0 heterocycles. The van der Waals surface area contributed by atoms with Crippen LogP contribution in [0.4, 0.5) is 5.69 Å². The number of halogens is 1. The lowest BCUT2D eigenvalue weighted by atomic mass is 10.1. The predicted octanol–water partition coefficient (Wildman–Crippen LogP) is 2.84. The lowest BCUT2D eigenvalue weighted by Gasteiger charge is -2.33. The molecule has 33 heavy (non-hydrogen) atoms. The Hall–Kier alpha value is -2.43. The van der Waals surface area contributed by atoms with Gasteiger partial charge in [0.05, 0.1) is 5.69 Å². The first-order chi connectivity index (χ1) is 15.4. The number of carbonyl (C=O) groups is 2. The first-order valence-electron chi connectivity index (χ1n) is 10.4. The number of likely N-dealkylation sites (N-methyl/N-ethyl adjacent to an activating group) is 1. The van der Waals surface area contributed by atoms with Crippen molar-refractivity contribution in [1.29, 1.82) is 0 Å². The second kappa shape index (κ2) is 11.1. The number of nitrogens with one attached hydrogen (secondary N) is 1. The van der Waals surface area contributed by atoms with Crippen molar-refractivity contribution in [2.75, 3.05) is 32.0 Å².